The van der Waals surface area contributed by atoms with Gasteiger partial charge in [-0.15, -0.1) is 0 Å². The minimum atomic E-state index is -2.40. The SMILES string of the molecule is N=[S@@]1(=O)C=C[C@@H](N)C1. The van der Waals surface area contributed by atoms with Crippen molar-refractivity contribution in [3.05, 3.63) is 11.5 Å². The summed E-state index contributed by atoms with van der Waals surface area (Å²) in [7, 11) is -2.40. The molecule has 3 N–H and O–H groups in total. The second kappa shape index (κ2) is 1.56. The smallest absolute Gasteiger partial charge is 0.0673 e. The summed E-state index contributed by atoms with van der Waals surface area (Å²) in [5, 5.41) is 1.39. The number of rotatable bonds is 0. The van der Waals surface area contributed by atoms with Gasteiger partial charge in [-0.05, 0) is 0 Å². The largest absolute Gasteiger partial charge is 0.324 e. The summed E-state index contributed by atoms with van der Waals surface area (Å²) in [5.74, 6) is 0.299. The molecule has 0 aromatic carbocycles. The molecule has 0 saturated carbocycles. The lowest BCUT2D eigenvalue weighted by atomic mass is 10.4. The first-order valence-electron chi connectivity index (χ1n) is 2.30. The van der Waals surface area contributed by atoms with Gasteiger partial charge >= 0.3 is 0 Å². The van der Waals surface area contributed by atoms with Gasteiger partial charge in [-0.2, -0.15) is 0 Å². The Kier molecular flexibility index (Phi) is 1.13. The van der Waals surface area contributed by atoms with E-state index in [-0.39, 0.29) is 6.04 Å². The van der Waals surface area contributed by atoms with Crippen molar-refractivity contribution in [1.82, 2.24) is 0 Å². The zero-order chi connectivity index (χ0) is 6.20. The molecule has 0 spiro atoms. The van der Waals surface area contributed by atoms with Crippen LogP contribution >= 0.6 is 0 Å². The van der Waals surface area contributed by atoms with E-state index in [1.54, 1.807) is 6.08 Å². The molecule has 0 fully saturated rings. The molecule has 0 unspecified atom stereocenters. The molecule has 0 aromatic heterocycles. The van der Waals surface area contributed by atoms with Crippen molar-refractivity contribution in [2.45, 2.75) is 6.04 Å². The Bertz CT molecular complexity index is 204. The van der Waals surface area contributed by atoms with Crippen molar-refractivity contribution >= 4 is 9.73 Å². The van der Waals surface area contributed by atoms with Crippen molar-refractivity contribution in [2.75, 3.05) is 5.75 Å². The second-order valence-corrected chi connectivity index (χ2v) is 3.94. The van der Waals surface area contributed by atoms with Crippen LogP contribution in [0.5, 0.6) is 0 Å². The van der Waals surface area contributed by atoms with Crippen LogP contribution in [0.25, 0.3) is 0 Å². The van der Waals surface area contributed by atoms with Crippen LogP contribution in [0, 0.1) is 4.78 Å². The molecule has 0 aromatic rings. The van der Waals surface area contributed by atoms with Gasteiger partial charge in [-0.25, -0.2) is 8.99 Å². The van der Waals surface area contributed by atoms with E-state index >= 15 is 0 Å². The predicted octanol–water partition coefficient (Wildman–Crippen LogP) is -0.112. The summed E-state index contributed by atoms with van der Waals surface area (Å²) in [6.07, 6.45) is 1.62. The van der Waals surface area contributed by atoms with Gasteiger partial charge in [-0.1, -0.05) is 6.08 Å². The minimum Gasteiger partial charge on any atom is -0.324 e. The Morgan fingerprint density at radius 2 is 2.50 bits per heavy atom. The van der Waals surface area contributed by atoms with Crippen LogP contribution in [0.3, 0.4) is 0 Å². The maximum absolute atomic E-state index is 10.7. The first-order valence-corrected chi connectivity index (χ1v) is 4.09. The Labute approximate surface area is 48.5 Å². The van der Waals surface area contributed by atoms with E-state index in [4.69, 9.17) is 10.5 Å². The highest BCUT2D eigenvalue weighted by atomic mass is 32.2. The first-order chi connectivity index (χ1) is 3.60. The highest BCUT2D eigenvalue weighted by Gasteiger charge is 2.13. The quantitative estimate of drug-likeness (QED) is 0.483. The molecule has 0 aliphatic carbocycles. The van der Waals surface area contributed by atoms with Gasteiger partial charge in [0.2, 0.25) is 0 Å². The number of hydrogen-bond donors (Lipinski definition) is 2. The van der Waals surface area contributed by atoms with Gasteiger partial charge in [0.25, 0.3) is 0 Å². The van der Waals surface area contributed by atoms with Crippen molar-refractivity contribution < 1.29 is 4.21 Å². The van der Waals surface area contributed by atoms with Crippen molar-refractivity contribution in [2.24, 2.45) is 5.73 Å². The van der Waals surface area contributed by atoms with Gasteiger partial charge in [-0.3, -0.25) is 0 Å². The molecule has 3 nitrogen and oxygen atoms in total. The average Bonchev–Trinajstić information content (AvgIpc) is 1.82. The van der Waals surface area contributed by atoms with E-state index in [1.165, 1.54) is 5.41 Å². The average molecular weight is 132 g/mol. The Morgan fingerprint density at radius 3 is 2.62 bits per heavy atom. The fourth-order valence-corrected chi connectivity index (χ4v) is 1.87. The highest BCUT2D eigenvalue weighted by Crippen LogP contribution is 2.05. The molecular weight excluding hydrogens is 124 g/mol. The van der Waals surface area contributed by atoms with E-state index in [9.17, 15) is 4.21 Å². The molecule has 0 amide bonds. The summed E-state index contributed by atoms with van der Waals surface area (Å²) >= 11 is 0. The van der Waals surface area contributed by atoms with E-state index in [1.807, 2.05) is 0 Å². The lowest BCUT2D eigenvalue weighted by Crippen LogP contribution is -2.20. The van der Waals surface area contributed by atoms with Crippen LogP contribution in [-0.4, -0.2) is 16.0 Å². The number of nitrogens with two attached hydrogens (primary N) is 1. The van der Waals surface area contributed by atoms with Gasteiger partial charge < -0.3 is 5.73 Å². The Morgan fingerprint density at radius 1 is 1.88 bits per heavy atom. The third-order valence-electron chi connectivity index (χ3n) is 0.986. The topological polar surface area (TPSA) is 66.9 Å². The fraction of sp³-hybridized carbons (Fsp3) is 0.500. The van der Waals surface area contributed by atoms with Crippen molar-refractivity contribution in [3.8, 4) is 0 Å². The van der Waals surface area contributed by atoms with Gasteiger partial charge in [0.05, 0.1) is 15.5 Å². The second-order valence-electron chi connectivity index (χ2n) is 1.89. The van der Waals surface area contributed by atoms with Crippen molar-refractivity contribution in [1.29, 1.82) is 4.78 Å². The van der Waals surface area contributed by atoms with E-state index in [0.717, 1.165) is 0 Å². The van der Waals surface area contributed by atoms with Crippen LogP contribution in [0.2, 0.25) is 0 Å². The van der Waals surface area contributed by atoms with Crippen LogP contribution in [0.1, 0.15) is 0 Å². The molecular formula is C4H8N2OS. The molecule has 1 aliphatic heterocycles. The lowest BCUT2D eigenvalue weighted by molar-refractivity contribution is 0.680. The van der Waals surface area contributed by atoms with Gasteiger partial charge in [0.1, 0.15) is 0 Å². The number of nitrogens with one attached hydrogen (secondary N) is 1. The van der Waals surface area contributed by atoms with Crippen LogP contribution in [0.15, 0.2) is 11.5 Å². The van der Waals surface area contributed by atoms with Crippen LogP contribution < -0.4 is 5.73 Å². The van der Waals surface area contributed by atoms with E-state index in [0.29, 0.717) is 5.75 Å². The molecule has 1 aliphatic rings. The molecule has 0 bridgehead atoms. The predicted molar refractivity (Wildman–Crippen MR) is 32.8 cm³/mol. The van der Waals surface area contributed by atoms with Gasteiger partial charge in [0.15, 0.2) is 0 Å². The summed E-state index contributed by atoms with van der Waals surface area (Å²) in [6.45, 7) is 0. The molecule has 0 radical (unpaired) electrons. The molecule has 1 rings (SSSR count). The molecule has 0 saturated heterocycles. The Hall–Kier alpha value is -0.350. The summed E-state index contributed by atoms with van der Waals surface area (Å²) in [5.41, 5.74) is 5.32. The van der Waals surface area contributed by atoms with Crippen molar-refractivity contribution in [3.63, 3.8) is 0 Å². The summed E-state index contributed by atoms with van der Waals surface area (Å²) in [4.78, 5) is 0. The van der Waals surface area contributed by atoms with Gasteiger partial charge in [0, 0.05) is 11.4 Å². The first kappa shape index (κ1) is 5.78. The molecule has 2 atom stereocenters. The van der Waals surface area contributed by atoms with E-state index < -0.39 is 9.73 Å². The monoisotopic (exact) mass is 132 g/mol. The number of hydrogen-bond acceptors (Lipinski definition) is 3. The molecule has 1 heterocycles. The Balaban J connectivity index is 2.89. The normalized spacial score (nSPS) is 45.4. The van der Waals surface area contributed by atoms with Crippen LogP contribution in [0.4, 0.5) is 0 Å². The van der Waals surface area contributed by atoms with E-state index in [2.05, 4.69) is 0 Å². The van der Waals surface area contributed by atoms with Crippen LogP contribution in [-0.2, 0) is 9.73 Å². The fourth-order valence-electron chi connectivity index (χ4n) is 0.625. The standard InChI is InChI=1S/C4H8N2OS/c5-4-1-2-8(6,7)3-4/h1-2,4,6H,3,5H2/t4-,8-/m1/s1. The lowest BCUT2D eigenvalue weighted by Gasteiger charge is -1.94. The minimum absolute atomic E-state index is 0.153. The maximum Gasteiger partial charge on any atom is 0.0673 e. The maximum atomic E-state index is 10.7. The molecule has 8 heavy (non-hydrogen) atoms. The zero-order valence-corrected chi connectivity index (χ0v) is 5.15. The molecule has 4 heteroatoms. The zero-order valence-electron chi connectivity index (χ0n) is 4.33. The highest BCUT2D eigenvalue weighted by molar-refractivity contribution is 7.95. The molecule has 46 valence electrons. The third-order valence-corrected chi connectivity index (χ3v) is 2.46. The summed E-state index contributed by atoms with van der Waals surface area (Å²) < 4.78 is 17.7. The summed E-state index contributed by atoms with van der Waals surface area (Å²) in [6, 6.07) is -0.153. The third kappa shape index (κ3) is 1.08.